The predicted molar refractivity (Wildman–Crippen MR) is 77.3 cm³/mol. The van der Waals surface area contributed by atoms with E-state index in [1.807, 2.05) is 6.92 Å². The van der Waals surface area contributed by atoms with Crippen LogP contribution in [0, 0.1) is 0 Å². The summed E-state index contributed by atoms with van der Waals surface area (Å²) in [7, 11) is 1.64. The lowest BCUT2D eigenvalue weighted by molar-refractivity contribution is -0.123. The molecule has 0 spiro atoms. The van der Waals surface area contributed by atoms with Crippen molar-refractivity contribution in [2.24, 2.45) is 7.05 Å². The molecule has 0 unspecified atom stereocenters. The second-order valence-electron chi connectivity index (χ2n) is 5.11. The molecule has 2 atom stereocenters. The quantitative estimate of drug-likeness (QED) is 0.839. The standard InChI is InChI=1S/C14H17N3O4/c1-8-12(15-5-6-20-8)13(18)16-9-3-4-10-11(7-9)21-14(19)17(10)2/h3-4,7-8,12,15H,5-6H2,1-2H3,(H,16,18)/t8-,12+/m1/s1. The first-order chi connectivity index (χ1) is 10.1. The van der Waals surface area contributed by atoms with Gasteiger partial charge in [0.15, 0.2) is 5.58 Å². The molecule has 1 aromatic heterocycles. The first-order valence-corrected chi connectivity index (χ1v) is 6.81. The number of carbonyl (C=O) groups excluding carboxylic acids is 1. The molecule has 1 aliphatic rings. The van der Waals surface area contributed by atoms with Crippen molar-refractivity contribution in [3.05, 3.63) is 28.7 Å². The number of fused-ring (bicyclic) bond motifs is 1. The zero-order valence-electron chi connectivity index (χ0n) is 11.9. The zero-order valence-corrected chi connectivity index (χ0v) is 11.9. The first kappa shape index (κ1) is 13.8. The Morgan fingerprint density at radius 1 is 1.48 bits per heavy atom. The molecule has 112 valence electrons. The molecule has 0 bridgehead atoms. The molecule has 1 aliphatic heterocycles. The molecule has 3 rings (SSSR count). The number of carbonyl (C=O) groups is 1. The van der Waals surface area contributed by atoms with Gasteiger partial charge in [0.25, 0.3) is 0 Å². The molecule has 0 saturated carbocycles. The summed E-state index contributed by atoms with van der Waals surface area (Å²) in [4.78, 5) is 23.7. The average Bonchev–Trinajstić information content (AvgIpc) is 2.74. The van der Waals surface area contributed by atoms with Gasteiger partial charge in [0.1, 0.15) is 6.04 Å². The van der Waals surface area contributed by atoms with E-state index in [0.29, 0.717) is 29.9 Å². The predicted octanol–water partition coefficient (Wildman–Crippen LogP) is 0.447. The minimum Gasteiger partial charge on any atom is -0.408 e. The largest absolute Gasteiger partial charge is 0.419 e. The highest BCUT2D eigenvalue weighted by Gasteiger charge is 2.28. The number of aromatic nitrogens is 1. The molecule has 2 aromatic rings. The van der Waals surface area contributed by atoms with E-state index in [9.17, 15) is 9.59 Å². The van der Waals surface area contributed by atoms with E-state index in [-0.39, 0.29) is 12.0 Å². The van der Waals surface area contributed by atoms with Crippen molar-refractivity contribution in [1.82, 2.24) is 9.88 Å². The molecule has 2 N–H and O–H groups in total. The van der Waals surface area contributed by atoms with E-state index in [2.05, 4.69) is 10.6 Å². The van der Waals surface area contributed by atoms with Gasteiger partial charge in [0.05, 0.1) is 18.2 Å². The van der Waals surface area contributed by atoms with Crippen LogP contribution in [0.3, 0.4) is 0 Å². The van der Waals surface area contributed by atoms with E-state index in [1.165, 1.54) is 4.57 Å². The van der Waals surface area contributed by atoms with Crippen molar-refractivity contribution in [2.75, 3.05) is 18.5 Å². The van der Waals surface area contributed by atoms with Gasteiger partial charge in [-0.05, 0) is 19.1 Å². The van der Waals surface area contributed by atoms with Crippen LogP contribution < -0.4 is 16.4 Å². The monoisotopic (exact) mass is 291 g/mol. The van der Waals surface area contributed by atoms with Gasteiger partial charge in [-0.15, -0.1) is 0 Å². The minimum absolute atomic E-state index is 0.167. The van der Waals surface area contributed by atoms with Crippen molar-refractivity contribution in [2.45, 2.75) is 19.1 Å². The summed E-state index contributed by atoms with van der Waals surface area (Å²) >= 11 is 0. The summed E-state index contributed by atoms with van der Waals surface area (Å²) in [6, 6.07) is 4.73. The molecule has 0 radical (unpaired) electrons. The van der Waals surface area contributed by atoms with Gasteiger partial charge >= 0.3 is 5.76 Å². The topological polar surface area (TPSA) is 85.5 Å². The van der Waals surface area contributed by atoms with E-state index < -0.39 is 11.8 Å². The van der Waals surface area contributed by atoms with Crippen LogP contribution in [0.25, 0.3) is 11.1 Å². The maximum Gasteiger partial charge on any atom is 0.419 e. The molecule has 7 heteroatoms. The molecular weight excluding hydrogens is 274 g/mol. The van der Waals surface area contributed by atoms with Crippen LogP contribution in [0.1, 0.15) is 6.92 Å². The summed E-state index contributed by atoms with van der Waals surface area (Å²) in [5.41, 5.74) is 1.72. The summed E-state index contributed by atoms with van der Waals surface area (Å²) in [5, 5.41) is 5.93. The first-order valence-electron chi connectivity index (χ1n) is 6.81. The lowest BCUT2D eigenvalue weighted by Gasteiger charge is -2.29. The fourth-order valence-corrected chi connectivity index (χ4v) is 2.46. The lowest BCUT2D eigenvalue weighted by Crippen LogP contribution is -2.53. The van der Waals surface area contributed by atoms with Crippen LogP contribution in [0.5, 0.6) is 0 Å². The van der Waals surface area contributed by atoms with Crippen LogP contribution in [0.4, 0.5) is 5.69 Å². The van der Waals surface area contributed by atoms with Gasteiger partial charge in [-0.1, -0.05) is 0 Å². The van der Waals surface area contributed by atoms with E-state index in [4.69, 9.17) is 9.15 Å². The van der Waals surface area contributed by atoms with Crippen molar-refractivity contribution in [3.8, 4) is 0 Å². The Labute approximate surface area is 120 Å². The van der Waals surface area contributed by atoms with E-state index in [1.54, 1.807) is 25.2 Å². The highest BCUT2D eigenvalue weighted by atomic mass is 16.5. The second-order valence-corrected chi connectivity index (χ2v) is 5.11. The molecule has 1 amide bonds. The van der Waals surface area contributed by atoms with Crippen LogP contribution in [-0.2, 0) is 16.6 Å². The van der Waals surface area contributed by atoms with E-state index in [0.717, 1.165) is 0 Å². The Balaban J connectivity index is 1.81. The number of rotatable bonds is 2. The third-order valence-corrected chi connectivity index (χ3v) is 3.66. The summed E-state index contributed by atoms with van der Waals surface area (Å²) < 4.78 is 12.0. The fourth-order valence-electron chi connectivity index (χ4n) is 2.46. The Morgan fingerprint density at radius 2 is 2.29 bits per heavy atom. The number of nitrogens with zero attached hydrogens (tertiary/aromatic N) is 1. The second kappa shape index (κ2) is 5.34. The average molecular weight is 291 g/mol. The third kappa shape index (κ3) is 2.57. The number of nitrogens with one attached hydrogen (secondary N) is 2. The lowest BCUT2D eigenvalue weighted by atomic mass is 10.1. The molecule has 0 aliphatic carbocycles. The Hall–Kier alpha value is -2.12. The SMILES string of the molecule is C[C@H]1OCCN[C@@H]1C(=O)Nc1ccc2c(c1)oc(=O)n2C. The summed E-state index contributed by atoms with van der Waals surface area (Å²) in [5.74, 6) is -0.593. The minimum atomic E-state index is -0.426. The number of benzene rings is 1. The molecule has 1 saturated heterocycles. The Morgan fingerprint density at radius 3 is 3.05 bits per heavy atom. The molecule has 7 nitrogen and oxygen atoms in total. The Bertz CT molecular complexity index is 733. The summed E-state index contributed by atoms with van der Waals surface area (Å²) in [6.45, 7) is 3.11. The number of oxazole rings is 1. The maximum absolute atomic E-state index is 12.2. The highest BCUT2D eigenvalue weighted by molar-refractivity contribution is 5.96. The smallest absolute Gasteiger partial charge is 0.408 e. The van der Waals surface area contributed by atoms with Crippen LogP contribution >= 0.6 is 0 Å². The Kier molecular flexibility index (Phi) is 3.52. The van der Waals surface area contributed by atoms with E-state index >= 15 is 0 Å². The molecular formula is C14H17N3O4. The fraction of sp³-hybridized carbons (Fsp3) is 0.429. The van der Waals surface area contributed by atoms with Gasteiger partial charge < -0.3 is 19.8 Å². The van der Waals surface area contributed by atoms with Gasteiger partial charge in [0.2, 0.25) is 5.91 Å². The molecule has 2 heterocycles. The van der Waals surface area contributed by atoms with Crippen molar-refractivity contribution in [3.63, 3.8) is 0 Å². The normalized spacial score (nSPS) is 22.4. The van der Waals surface area contributed by atoms with Crippen LogP contribution in [-0.4, -0.2) is 35.8 Å². The van der Waals surface area contributed by atoms with Gasteiger partial charge in [-0.2, -0.15) is 0 Å². The van der Waals surface area contributed by atoms with Crippen LogP contribution in [0.15, 0.2) is 27.4 Å². The number of amides is 1. The zero-order chi connectivity index (χ0) is 15.0. The van der Waals surface area contributed by atoms with Crippen molar-refractivity contribution < 1.29 is 13.9 Å². The number of anilines is 1. The van der Waals surface area contributed by atoms with Crippen molar-refractivity contribution in [1.29, 1.82) is 0 Å². The number of hydrogen-bond donors (Lipinski definition) is 2. The maximum atomic E-state index is 12.2. The molecule has 1 fully saturated rings. The molecule has 1 aromatic carbocycles. The number of hydrogen-bond acceptors (Lipinski definition) is 5. The van der Waals surface area contributed by atoms with Crippen molar-refractivity contribution >= 4 is 22.7 Å². The number of morpholine rings is 1. The molecule has 21 heavy (non-hydrogen) atoms. The van der Waals surface area contributed by atoms with Gasteiger partial charge in [0, 0.05) is 25.3 Å². The summed E-state index contributed by atoms with van der Waals surface area (Å²) in [6.07, 6.45) is -0.183. The van der Waals surface area contributed by atoms with Gasteiger partial charge in [-0.25, -0.2) is 4.79 Å². The number of aryl methyl sites for hydroxylation is 1. The highest BCUT2D eigenvalue weighted by Crippen LogP contribution is 2.18. The number of ether oxygens (including phenoxy) is 1. The van der Waals surface area contributed by atoms with Crippen LogP contribution in [0.2, 0.25) is 0 Å². The van der Waals surface area contributed by atoms with Gasteiger partial charge in [-0.3, -0.25) is 9.36 Å². The third-order valence-electron chi connectivity index (χ3n) is 3.66.